The Hall–Kier alpha value is -2.21. The van der Waals surface area contributed by atoms with Crippen molar-refractivity contribution in [3.05, 3.63) is 47.3 Å². The van der Waals surface area contributed by atoms with E-state index in [-0.39, 0.29) is 0 Å². The van der Waals surface area contributed by atoms with Crippen molar-refractivity contribution in [3.63, 3.8) is 0 Å². The lowest BCUT2D eigenvalue weighted by molar-refractivity contribution is -0.132. The molecular weight excluding hydrogens is 314 g/mol. The van der Waals surface area contributed by atoms with E-state index in [1.54, 1.807) is 0 Å². The highest BCUT2D eigenvalue weighted by atomic mass is 16.2. The number of benzene rings is 1. The second kappa shape index (κ2) is 6.96. The molecule has 1 amide bonds. The maximum atomic E-state index is 12.7. The van der Waals surface area contributed by atoms with E-state index in [2.05, 4.69) is 34.6 Å². The molecule has 2 N–H and O–H groups in total. The van der Waals surface area contributed by atoms with E-state index in [0.717, 1.165) is 44.5 Å². The molecule has 1 fully saturated rings. The number of amides is 1. The Morgan fingerprint density at radius 3 is 2.76 bits per heavy atom. The van der Waals surface area contributed by atoms with E-state index in [1.165, 1.54) is 11.1 Å². The molecule has 1 saturated heterocycles. The molecule has 2 aromatic rings. The zero-order valence-electron chi connectivity index (χ0n) is 14.5. The van der Waals surface area contributed by atoms with Crippen LogP contribution in [-0.2, 0) is 17.8 Å². The third-order valence-corrected chi connectivity index (χ3v) is 5.64. The number of piperidine rings is 1. The molecule has 6 nitrogen and oxygen atoms in total. The Kier molecular flexibility index (Phi) is 4.53. The number of carbonyl (C=O) groups is 1. The van der Waals surface area contributed by atoms with Crippen LogP contribution in [0.25, 0.3) is 0 Å². The number of rotatable bonds is 4. The summed E-state index contributed by atoms with van der Waals surface area (Å²) in [5.41, 5.74) is 9.21. The smallest absolute Gasteiger partial charge is 0.223 e. The van der Waals surface area contributed by atoms with Gasteiger partial charge in [-0.1, -0.05) is 29.5 Å². The summed E-state index contributed by atoms with van der Waals surface area (Å²) in [6.07, 6.45) is 6.63. The molecule has 6 heteroatoms. The monoisotopic (exact) mass is 339 g/mol. The van der Waals surface area contributed by atoms with Gasteiger partial charge < -0.3 is 10.6 Å². The first-order valence-electron chi connectivity index (χ1n) is 9.21. The van der Waals surface area contributed by atoms with Crippen LogP contribution in [0.5, 0.6) is 0 Å². The number of hydrogen-bond donors (Lipinski definition) is 1. The van der Waals surface area contributed by atoms with E-state index >= 15 is 0 Å². The zero-order chi connectivity index (χ0) is 17.2. The number of carbonyl (C=O) groups excluding carboxylic acids is 1. The van der Waals surface area contributed by atoms with Gasteiger partial charge in [-0.15, -0.1) is 5.10 Å². The quantitative estimate of drug-likeness (QED) is 0.924. The summed E-state index contributed by atoms with van der Waals surface area (Å²) in [6.45, 7) is 2.02. The lowest BCUT2D eigenvalue weighted by Gasteiger charge is -2.32. The van der Waals surface area contributed by atoms with Crippen LogP contribution in [0.15, 0.2) is 30.5 Å². The van der Waals surface area contributed by atoms with Crippen LogP contribution in [0.4, 0.5) is 0 Å². The molecule has 1 aliphatic heterocycles. The van der Waals surface area contributed by atoms with Gasteiger partial charge in [-0.3, -0.25) is 4.79 Å². The minimum Gasteiger partial charge on any atom is -0.343 e. The standard InChI is InChI=1S/C19H25N5O/c20-12-16-13-24(22-21-16)17-7-9-23(10-8-17)19(25)11-15-6-5-14-3-1-2-4-18(14)15/h1-4,13,15,17H,5-12,20H2. The lowest BCUT2D eigenvalue weighted by Crippen LogP contribution is -2.39. The maximum Gasteiger partial charge on any atom is 0.223 e. The van der Waals surface area contributed by atoms with E-state index < -0.39 is 0 Å². The van der Waals surface area contributed by atoms with Gasteiger partial charge >= 0.3 is 0 Å². The fourth-order valence-electron chi connectivity index (χ4n) is 4.16. The molecular formula is C19H25N5O. The molecule has 1 atom stereocenters. The molecule has 1 aromatic heterocycles. The van der Waals surface area contributed by atoms with Crippen molar-refractivity contribution in [2.75, 3.05) is 13.1 Å². The molecule has 4 rings (SSSR count). The molecule has 0 spiro atoms. The van der Waals surface area contributed by atoms with Crippen LogP contribution in [0.2, 0.25) is 0 Å². The van der Waals surface area contributed by atoms with Crippen LogP contribution >= 0.6 is 0 Å². The van der Waals surface area contributed by atoms with Crippen LogP contribution in [-0.4, -0.2) is 38.9 Å². The van der Waals surface area contributed by atoms with Gasteiger partial charge in [0, 0.05) is 26.1 Å². The number of likely N-dealkylation sites (tertiary alicyclic amines) is 1. The molecule has 1 aliphatic carbocycles. The minimum atomic E-state index is 0.293. The average Bonchev–Trinajstić information content (AvgIpc) is 3.29. The summed E-state index contributed by atoms with van der Waals surface area (Å²) in [7, 11) is 0. The summed E-state index contributed by atoms with van der Waals surface area (Å²) in [6, 6.07) is 8.88. The Morgan fingerprint density at radius 1 is 1.20 bits per heavy atom. The normalized spacial score (nSPS) is 20.7. The fraction of sp³-hybridized carbons (Fsp3) is 0.526. The number of aromatic nitrogens is 3. The Balaban J connectivity index is 1.33. The summed E-state index contributed by atoms with van der Waals surface area (Å²) < 4.78 is 1.91. The third-order valence-electron chi connectivity index (χ3n) is 5.64. The van der Waals surface area contributed by atoms with Gasteiger partial charge in [-0.25, -0.2) is 4.68 Å². The Morgan fingerprint density at radius 2 is 2.00 bits per heavy atom. The minimum absolute atomic E-state index is 0.293. The maximum absolute atomic E-state index is 12.7. The first-order chi connectivity index (χ1) is 12.2. The largest absolute Gasteiger partial charge is 0.343 e. The van der Waals surface area contributed by atoms with E-state index in [1.807, 2.05) is 15.8 Å². The van der Waals surface area contributed by atoms with Crippen molar-refractivity contribution in [1.82, 2.24) is 19.9 Å². The van der Waals surface area contributed by atoms with Crippen molar-refractivity contribution >= 4 is 5.91 Å². The number of hydrogen-bond acceptors (Lipinski definition) is 4. The van der Waals surface area contributed by atoms with Crippen molar-refractivity contribution in [2.45, 2.75) is 50.6 Å². The van der Waals surface area contributed by atoms with Gasteiger partial charge in [0.15, 0.2) is 0 Å². The first kappa shape index (κ1) is 16.3. The number of fused-ring (bicyclic) bond motifs is 1. The van der Waals surface area contributed by atoms with Crippen LogP contribution in [0, 0.1) is 0 Å². The van der Waals surface area contributed by atoms with Gasteiger partial charge in [-0.2, -0.15) is 0 Å². The van der Waals surface area contributed by atoms with Crippen LogP contribution < -0.4 is 5.73 Å². The summed E-state index contributed by atoms with van der Waals surface area (Å²) >= 11 is 0. The molecule has 0 bridgehead atoms. The highest BCUT2D eigenvalue weighted by Gasteiger charge is 2.29. The second-order valence-electron chi connectivity index (χ2n) is 7.14. The zero-order valence-corrected chi connectivity index (χ0v) is 14.5. The van der Waals surface area contributed by atoms with Gasteiger partial charge in [0.1, 0.15) is 0 Å². The predicted octanol–water partition coefficient (Wildman–Crippen LogP) is 2.02. The lowest BCUT2D eigenvalue weighted by atomic mass is 9.96. The number of aryl methyl sites for hydroxylation is 1. The fourth-order valence-corrected chi connectivity index (χ4v) is 4.16. The molecule has 2 heterocycles. The molecule has 132 valence electrons. The third kappa shape index (κ3) is 3.31. The van der Waals surface area contributed by atoms with Gasteiger partial charge in [0.2, 0.25) is 5.91 Å². The van der Waals surface area contributed by atoms with E-state index in [9.17, 15) is 4.79 Å². The highest BCUT2D eigenvalue weighted by Crippen LogP contribution is 2.36. The number of nitrogens with two attached hydrogens (primary N) is 1. The summed E-state index contributed by atoms with van der Waals surface area (Å²) in [5.74, 6) is 0.685. The van der Waals surface area contributed by atoms with Gasteiger partial charge in [0.25, 0.3) is 0 Å². The topological polar surface area (TPSA) is 77.0 Å². The van der Waals surface area contributed by atoms with E-state index in [0.29, 0.717) is 30.8 Å². The van der Waals surface area contributed by atoms with Crippen molar-refractivity contribution < 1.29 is 4.79 Å². The Bertz CT molecular complexity index is 748. The SMILES string of the molecule is NCc1cn(C2CCN(C(=O)CC3CCc4ccccc43)CC2)nn1. The number of nitrogens with zero attached hydrogens (tertiary/aromatic N) is 4. The van der Waals surface area contributed by atoms with Crippen molar-refractivity contribution in [2.24, 2.45) is 5.73 Å². The highest BCUT2D eigenvalue weighted by molar-refractivity contribution is 5.77. The van der Waals surface area contributed by atoms with Crippen LogP contribution in [0.3, 0.4) is 0 Å². The Labute approximate surface area is 148 Å². The molecule has 25 heavy (non-hydrogen) atoms. The molecule has 0 radical (unpaired) electrons. The summed E-state index contributed by atoms with van der Waals surface area (Å²) in [4.78, 5) is 14.8. The molecule has 1 aromatic carbocycles. The summed E-state index contributed by atoms with van der Waals surface area (Å²) in [5, 5.41) is 8.23. The molecule has 1 unspecified atom stereocenters. The van der Waals surface area contributed by atoms with Crippen molar-refractivity contribution in [3.8, 4) is 0 Å². The van der Waals surface area contributed by atoms with Gasteiger partial charge in [0.05, 0.1) is 17.9 Å². The molecule has 0 saturated carbocycles. The average molecular weight is 339 g/mol. The second-order valence-corrected chi connectivity index (χ2v) is 7.14. The first-order valence-corrected chi connectivity index (χ1v) is 9.21. The van der Waals surface area contributed by atoms with Crippen LogP contribution in [0.1, 0.15) is 54.5 Å². The predicted molar refractivity (Wildman–Crippen MR) is 94.9 cm³/mol. The van der Waals surface area contributed by atoms with E-state index in [4.69, 9.17) is 5.73 Å². The van der Waals surface area contributed by atoms with Crippen molar-refractivity contribution in [1.29, 1.82) is 0 Å². The van der Waals surface area contributed by atoms with Gasteiger partial charge in [-0.05, 0) is 42.7 Å². The molecule has 2 aliphatic rings.